The third-order valence-electron chi connectivity index (χ3n) is 3.13. The number of likely N-dealkylation sites (N-methyl/N-ethyl adjacent to an activating group) is 1. The second kappa shape index (κ2) is 4.62. The average Bonchev–Trinajstić information content (AvgIpc) is 2.49. The first-order chi connectivity index (χ1) is 6.82. The summed E-state index contributed by atoms with van der Waals surface area (Å²) in [6.45, 7) is 9.34. The molecule has 1 fully saturated rings. The number of ether oxygens (including phenoxy) is 1. The Labute approximate surface area is 92.8 Å². The second-order valence-electron chi connectivity index (χ2n) is 5.52. The molecule has 0 N–H and O–H groups in total. The van der Waals surface area contributed by atoms with E-state index in [-0.39, 0.29) is 11.5 Å². The Morgan fingerprint density at radius 1 is 1.47 bits per heavy atom. The summed E-state index contributed by atoms with van der Waals surface area (Å²) in [5.41, 5.74) is -0.239. The molecule has 3 heteroatoms. The maximum Gasteiger partial charge on any atom is 0.152 e. The Morgan fingerprint density at radius 2 is 2.07 bits per heavy atom. The molecular formula is C12H23NO2. The van der Waals surface area contributed by atoms with Gasteiger partial charge in [-0.05, 0) is 20.4 Å². The molecule has 1 saturated heterocycles. The van der Waals surface area contributed by atoms with Gasteiger partial charge >= 0.3 is 0 Å². The minimum atomic E-state index is -0.239. The van der Waals surface area contributed by atoms with Crippen molar-refractivity contribution in [3.05, 3.63) is 0 Å². The predicted molar refractivity (Wildman–Crippen MR) is 60.9 cm³/mol. The van der Waals surface area contributed by atoms with E-state index in [1.54, 1.807) is 0 Å². The monoisotopic (exact) mass is 213 g/mol. The number of Topliss-reactive ketones (excluding diaryl/α,β-unsaturated/α-hetero) is 1. The standard InChI is InChI=1S/C12H23NO2/c1-9-10(6-7-15-9)13(5)8-11(14)12(2,3)4/h9-10H,6-8H2,1-5H3. The van der Waals surface area contributed by atoms with Gasteiger partial charge in [0.1, 0.15) is 0 Å². The highest BCUT2D eigenvalue weighted by Gasteiger charge is 2.31. The lowest BCUT2D eigenvalue weighted by atomic mass is 9.90. The van der Waals surface area contributed by atoms with Crippen LogP contribution in [-0.4, -0.2) is 43.0 Å². The van der Waals surface area contributed by atoms with Crippen molar-refractivity contribution in [1.29, 1.82) is 0 Å². The van der Waals surface area contributed by atoms with Crippen LogP contribution in [-0.2, 0) is 9.53 Å². The van der Waals surface area contributed by atoms with Gasteiger partial charge < -0.3 is 4.74 Å². The van der Waals surface area contributed by atoms with Crippen LogP contribution in [0.3, 0.4) is 0 Å². The molecule has 1 rings (SSSR count). The molecule has 0 spiro atoms. The highest BCUT2D eigenvalue weighted by atomic mass is 16.5. The summed E-state index contributed by atoms with van der Waals surface area (Å²) in [7, 11) is 2.01. The number of carbonyl (C=O) groups is 1. The van der Waals surface area contributed by atoms with Gasteiger partial charge in [-0.3, -0.25) is 9.69 Å². The van der Waals surface area contributed by atoms with E-state index in [2.05, 4.69) is 11.8 Å². The number of nitrogens with zero attached hydrogens (tertiary/aromatic N) is 1. The van der Waals surface area contributed by atoms with E-state index in [1.807, 2.05) is 27.8 Å². The van der Waals surface area contributed by atoms with Crippen molar-refractivity contribution < 1.29 is 9.53 Å². The minimum Gasteiger partial charge on any atom is -0.377 e. The fourth-order valence-electron chi connectivity index (χ4n) is 1.88. The van der Waals surface area contributed by atoms with Gasteiger partial charge in [-0.2, -0.15) is 0 Å². The molecule has 0 aromatic carbocycles. The van der Waals surface area contributed by atoms with Gasteiger partial charge in [0.2, 0.25) is 0 Å². The van der Waals surface area contributed by atoms with E-state index in [0.717, 1.165) is 13.0 Å². The van der Waals surface area contributed by atoms with Crippen molar-refractivity contribution in [2.75, 3.05) is 20.2 Å². The molecule has 15 heavy (non-hydrogen) atoms. The molecule has 0 radical (unpaired) electrons. The third-order valence-corrected chi connectivity index (χ3v) is 3.13. The Kier molecular flexibility index (Phi) is 3.90. The first-order valence-electron chi connectivity index (χ1n) is 5.67. The molecule has 1 heterocycles. The van der Waals surface area contributed by atoms with Gasteiger partial charge in [-0.15, -0.1) is 0 Å². The smallest absolute Gasteiger partial charge is 0.152 e. The first-order valence-corrected chi connectivity index (χ1v) is 5.67. The molecule has 0 amide bonds. The molecular weight excluding hydrogens is 190 g/mol. The Morgan fingerprint density at radius 3 is 2.47 bits per heavy atom. The summed E-state index contributed by atoms with van der Waals surface area (Å²) in [6, 6.07) is 0.399. The molecule has 0 aromatic heterocycles. The van der Waals surface area contributed by atoms with Crippen LogP contribution in [0.15, 0.2) is 0 Å². The number of hydrogen-bond donors (Lipinski definition) is 0. The molecule has 0 aromatic rings. The van der Waals surface area contributed by atoms with E-state index in [9.17, 15) is 4.79 Å². The van der Waals surface area contributed by atoms with Crippen molar-refractivity contribution >= 4 is 5.78 Å². The number of rotatable bonds is 3. The fraction of sp³-hybridized carbons (Fsp3) is 0.917. The van der Waals surface area contributed by atoms with Crippen molar-refractivity contribution in [2.24, 2.45) is 5.41 Å². The van der Waals surface area contributed by atoms with Gasteiger partial charge in [0.25, 0.3) is 0 Å². The number of ketones is 1. The van der Waals surface area contributed by atoms with Crippen LogP contribution in [0.1, 0.15) is 34.1 Å². The lowest BCUT2D eigenvalue weighted by molar-refractivity contribution is -0.127. The Hall–Kier alpha value is -0.410. The van der Waals surface area contributed by atoms with E-state index in [0.29, 0.717) is 18.4 Å². The lowest BCUT2D eigenvalue weighted by Gasteiger charge is -2.28. The van der Waals surface area contributed by atoms with Gasteiger partial charge in [-0.25, -0.2) is 0 Å². The maximum atomic E-state index is 11.9. The second-order valence-corrected chi connectivity index (χ2v) is 5.52. The fourth-order valence-corrected chi connectivity index (χ4v) is 1.88. The zero-order valence-electron chi connectivity index (χ0n) is 10.5. The molecule has 1 aliphatic rings. The summed E-state index contributed by atoms with van der Waals surface area (Å²) >= 11 is 0. The van der Waals surface area contributed by atoms with Crippen molar-refractivity contribution in [3.8, 4) is 0 Å². The SMILES string of the molecule is CC1OCCC1N(C)CC(=O)C(C)(C)C. The molecule has 0 bridgehead atoms. The van der Waals surface area contributed by atoms with Crippen LogP contribution in [0, 0.1) is 5.41 Å². The van der Waals surface area contributed by atoms with E-state index >= 15 is 0 Å². The van der Waals surface area contributed by atoms with Crippen LogP contribution >= 0.6 is 0 Å². The summed E-state index contributed by atoms with van der Waals surface area (Å²) in [5, 5.41) is 0. The summed E-state index contributed by atoms with van der Waals surface area (Å²) in [6.07, 6.45) is 1.29. The quantitative estimate of drug-likeness (QED) is 0.715. The van der Waals surface area contributed by atoms with E-state index in [1.165, 1.54) is 0 Å². The normalized spacial score (nSPS) is 27.3. The molecule has 2 atom stereocenters. The largest absolute Gasteiger partial charge is 0.377 e. The van der Waals surface area contributed by atoms with Crippen molar-refractivity contribution in [3.63, 3.8) is 0 Å². The number of carbonyl (C=O) groups excluding carboxylic acids is 1. The average molecular weight is 213 g/mol. The zero-order valence-corrected chi connectivity index (χ0v) is 10.5. The van der Waals surface area contributed by atoms with Gasteiger partial charge in [0.15, 0.2) is 5.78 Å². The first kappa shape index (κ1) is 12.7. The van der Waals surface area contributed by atoms with Crippen LogP contribution in [0.4, 0.5) is 0 Å². The molecule has 88 valence electrons. The van der Waals surface area contributed by atoms with Gasteiger partial charge in [-0.1, -0.05) is 20.8 Å². The van der Waals surface area contributed by atoms with Gasteiger partial charge in [0.05, 0.1) is 12.6 Å². The van der Waals surface area contributed by atoms with Gasteiger partial charge in [0, 0.05) is 18.1 Å². The molecule has 2 unspecified atom stereocenters. The Balaban J connectivity index is 2.48. The highest BCUT2D eigenvalue weighted by Crippen LogP contribution is 2.20. The van der Waals surface area contributed by atoms with Crippen LogP contribution in [0.5, 0.6) is 0 Å². The zero-order chi connectivity index (χ0) is 11.6. The molecule has 0 aliphatic carbocycles. The lowest BCUT2D eigenvalue weighted by Crippen LogP contribution is -2.42. The summed E-state index contributed by atoms with van der Waals surface area (Å²) in [5.74, 6) is 0.295. The minimum absolute atomic E-state index is 0.239. The van der Waals surface area contributed by atoms with E-state index < -0.39 is 0 Å². The van der Waals surface area contributed by atoms with Crippen LogP contribution in [0.25, 0.3) is 0 Å². The molecule has 1 aliphatic heterocycles. The van der Waals surface area contributed by atoms with Crippen LogP contribution in [0.2, 0.25) is 0 Å². The summed E-state index contributed by atoms with van der Waals surface area (Å²) in [4.78, 5) is 14.0. The summed E-state index contributed by atoms with van der Waals surface area (Å²) < 4.78 is 5.50. The highest BCUT2D eigenvalue weighted by molar-refractivity contribution is 5.85. The molecule has 3 nitrogen and oxygen atoms in total. The third kappa shape index (κ3) is 3.28. The maximum absolute atomic E-state index is 11.9. The molecule has 0 saturated carbocycles. The van der Waals surface area contributed by atoms with E-state index in [4.69, 9.17) is 4.74 Å². The Bertz CT molecular complexity index is 232. The number of hydrogen-bond acceptors (Lipinski definition) is 3. The van der Waals surface area contributed by atoms with Crippen LogP contribution < -0.4 is 0 Å². The van der Waals surface area contributed by atoms with Crippen molar-refractivity contribution in [2.45, 2.75) is 46.3 Å². The predicted octanol–water partition coefficient (Wildman–Crippen LogP) is 1.71. The van der Waals surface area contributed by atoms with Crippen molar-refractivity contribution in [1.82, 2.24) is 4.90 Å². The topological polar surface area (TPSA) is 29.5 Å².